The van der Waals surface area contributed by atoms with Crippen LogP contribution >= 0.6 is 0 Å². The lowest BCUT2D eigenvalue weighted by atomic mass is 9.85. The maximum atomic E-state index is 11.6. The van der Waals surface area contributed by atoms with Gasteiger partial charge in [0.15, 0.2) is 0 Å². The maximum absolute atomic E-state index is 11.6. The number of carboxylic acid groups (broad SMARTS) is 1. The number of carbonyl (C=O) groups excluding carboxylic acids is 1. The minimum Gasteiger partial charge on any atom is -0.481 e. The monoisotopic (exact) mass is 278 g/mol. The average molecular weight is 278 g/mol. The summed E-state index contributed by atoms with van der Waals surface area (Å²) in [5.74, 6) is -1.56. The second-order valence-corrected chi connectivity index (χ2v) is 5.25. The zero-order valence-corrected chi connectivity index (χ0v) is 11.8. The summed E-state index contributed by atoms with van der Waals surface area (Å²) >= 11 is 0. The van der Waals surface area contributed by atoms with Crippen molar-refractivity contribution in [2.75, 3.05) is 0 Å². The Kier molecular flexibility index (Phi) is 6.39. The Morgan fingerprint density at radius 1 is 1.15 bits per heavy atom. The minimum absolute atomic E-state index is 0.0834. The number of Topliss-reactive ketones (excluding diaryl/α,β-unsaturated/α-hetero) is 1. The molecule has 0 aliphatic heterocycles. The van der Waals surface area contributed by atoms with Gasteiger partial charge < -0.3 is 10.2 Å². The van der Waals surface area contributed by atoms with Crippen LogP contribution in [0.25, 0.3) is 0 Å². The van der Waals surface area contributed by atoms with E-state index in [1.165, 1.54) is 0 Å². The van der Waals surface area contributed by atoms with E-state index in [1.807, 2.05) is 37.3 Å². The standard InChI is InChI=1S/C16H22O4/c1-2-9-16(20,12-14(17)11-15(18)19)10-8-13-6-4-3-5-7-13/h3-7,20H,2,8-12H2,1H3,(H,18,19)/t16-/m1/s1. The first-order chi connectivity index (χ1) is 9.45. The molecule has 0 radical (unpaired) electrons. The van der Waals surface area contributed by atoms with Gasteiger partial charge in [-0.05, 0) is 24.8 Å². The van der Waals surface area contributed by atoms with Crippen molar-refractivity contribution in [3.8, 4) is 0 Å². The second-order valence-electron chi connectivity index (χ2n) is 5.25. The van der Waals surface area contributed by atoms with Crippen LogP contribution in [0.5, 0.6) is 0 Å². The number of benzene rings is 1. The molecule has 0 aliphatic carbocycles. The Hall–Kier alpha value is -1.68. The molecular weight excluding hydrogens is 256 g/mol. The maximum Gasteiger partial charge on any atom is 0.310 e. The molecule has 1 atom stereocenters. The van der Waals surface area contributed by atoms with Crippen LogP contribution in [0.4, 0.5) is 0 Å². The van der Waals surface area contributed by atoms with Gasteiger partial charge in [0.2, 0.25) is 0 Å². The fourth-order valence-corrected chi connectivity index (χ4v) is 2.39. The summed E-state index contributed by atoms with van der Waals surface area (Å²) < 4.78 is 0. The summed E-state index contributed by atoms with van der Waals surface area (Å²) in [5.41, 5.74) is 0.00429. The van der Waals surface area contributed by atoms with E-state index in [9.17, 15) is 14.7 Å². The van der Waals surface area contributed by atoms with Gasteiger partial charge in [-0.2, -0.15) is 0 Å². The first-order valence-electron chi connectivity index (χ1n) is 6.95. The molecule has 1 rings (SSSR count). The zero-order chi connectivity index (χ0) is 15.0. The molecule has 1 aromatic carbocycles. The lowest BCUT2D eigenvalue weighted by Gasteiger charge is -2.27. The van der Waals surface area contributed by atoms with Gasteiger partial charge in [0, 0.05) is 6.42 Å². The predicted molar refractivity (Wildman–Crippen MR) is 76.5 cm³/mol. The fourth-order valence-electron chi connectivity index (χ4n) is 2.39. The Morgan fingerprint density at radius 2 is 1.80 bits per heavy atom. The first-order valence-corrected chi connectivity index (χ1v) is 6.95. The topological polar surface area (TPSA) is 74.6 Å². The molecule has 4 heteroatoms. The van der Waals surface area contributed by atoms with Gasteiger partial charge in [0.1, 0.15) is 12.2 Å². The number of hydrogen-bond acceptors (Lipinski definition) is 3. The van der Waals surface area contributed by atoms with E-state index >= 15 is 0 Å². The molecule has 0 bridgehead atoms. The van der Waals surface area contributed by atoms with Gasteiger partial charge in [0.25, 0.3) is 0 Å². The lowest BCUT2D eigenvalue weighted by Crippen LogP contribution is -2.33. The molecule has 0 unspecified atom stereocenters. The van der Waals surface area contributed by atoms with Crippen molar-refractivity contribution < 1.29 is 19.8 Å². The normalized spacial score (nSPS) is 13.7. The van der Waals surface area contributed by atoms with E-state index in [1.54, 1.807) is 0 Å². The predicted octanol–water partition coefficient (Wildman–Crippen LogP) is 2.58. The highest BCUT2D eigenvalue weighted by atomic mass is 16.4. The van der Waals surface area contributed by atoms with Crippen molar-refractivity contribution in [2.24, 2.45) is 0 Å². The molecule has 4 nitrogen and oxygen atoms in total. The van der Waals surface area contributed by atoms with Gasteiger partial charge >= 0.3 is 5.97 Å². The van der Waals surface area contributed by atoms with Crippen molar-refractivity contribution in [3.63, 3.8) is 0 Å². The van der Waals surface area contributed by atoms with E-state index in [4.69, 9.17) is 5.11 Å². The molecule has 0 aliphatic rings. The average Bonchev–Trinajstić information content (AvgIpc) is 2.37. The highest BCUT2D eigenvalue weighted by Crippen LogP contribution is 2.25. The van der Waals surface area contributed by atoms with Crippen LogP contribution in [0.2, 0.25) is 0 Å². The van der Waals surface area contributed by atoms with Gasteiger partial charge in [-0.3, -0.25) is 9.59 Å². The molecule has 0 spiro atoms. The Labute approximate surface area is 119 Å². The third kappa shape index (κ3) is 5.97. The Balaban J connectivity index is 2.61. The first kappa shape index (κ1) is 16.4. The molecule has 0 fully saturated rings. The van der Waals surface area contributed by atoms with Gasteiger partial charge in [-0.1, -0.05) is 43.7 Å². The minimum atomic E-state index is -1.14. The van der Waals surface area contributed by atoms with Crippen molar-refractivity contribution in [1.29, 1.82) is 0 Å². The second kappa shape index (κ2) is 7.80. The number of aliphatic hydroxyl groups is 1. The summed E-state index contributed by atoms with van der Waals surface area (Å²) in [5, 5.41) is 19.2. The summed E-state index contributed by atoms with van der Waals surface area (Å²) in [6.45, 7) is 1.94. The van der Waals surface area contributed by atoms with Crippen LogP contribution in [0.3, 0.4) is 0 Å². The molecule has 0 saturated heterocycles. The molecule has 0 heterocycles. The van der Waals surface area contributed by atoms with E-state index in [2.05, 4.69) is 0 Å². The molecule has 20 heavy (non-hydrogen) atoms. The van der Waals surface area contributed by atoms with Crippen LogP contribution in [-0.4, -0.2) is 27.6 Å². The smallest absolute Gasteiger partial charge is 0.310 e. The summed E-state index contributed by atoms with van der Waals surface area (Å²) in [6.07, 6.45) is 1.81. The summed E-state index contributed by atoms with van der Waals surface area (Å²) in [4.78, 5) is 22.1. The Bertz CT molecular complexity index is 441. The van der Waals surface area contributed by atoms with Crippen molar-refractivity contribution in [2.45, 2.75) is 51.0 Å². The Morgan fingerprint density at radius 3 is 2.35 bits per heavy atom. The molecule has 0 aromatic heterocycles. The van der Waals surface area contributed by atoms with Crippen molar-refractivity contribution in [3.05, 3.63) is 35.9 Å². The number of ketones is 1. The van der Waals surface area contributed by atoms with Gasteiger partial charge in [-0.15, -0.1) is 0 Å². The quantitative estimate of drug-likeness (QED) is 0.681. The van der Waals surface area contributed by atoms with Gasteiger partial charge in [0.05, 0.1) is 5.60 Å². The van der Waals surface area contributed by atoms with Crippen LogP contribution in [-0.2, 0) is 16.0 Å². The van der Waals surface area contributed by atoms with E-state index in [0.717, 1.165) is 12.0 Å². The number of carbonyl (C=O) groups is 2. The molecule has 0 saturated carbocycles. The van der Waals surface area contributed by atoms with Crippen LogP contribution < -0.4 is 0 Å². The van der Waals surface area contributed by atoms with E-state index < -0.39 is 23.8 Å². The third-order valence-electron chi connectivity index (χ3n) is 3.31. The number of carboxylic acids is 1. The number of rotatable bonds is 9. The van der Waals surface area contributed by atoms with E-state index in [-0.39, 0.29) is 6.42 Å². The molecule has 1 aromatic rings. The molecule has 0 amide bonds. The van der Waals surface area contributed by atoms with Gasteiger partial charge in [-0.25, -0.2) is 0 Å². The molecule has 2 N–H and O–H groups in total. The lowest BCUT2D eigenvalue weighted by molar-refractivity contribution is -0.141. The number of hydrogen-bond donors (Lipinski definition) is 2. The van der Waals surface area contributed by atoms with Crippen LogP contribution in [0, 0.1) is 0 Å². The zero-order valence-electron chi connectivity index (χ0n) is 11.8. The fraction of sp³-hybridized carbons (Fsp3) is 0.500. The van der Waals surface area contributed by atoms with Crippen molar-refractivity contribution >= 4 is 11.8 Å². The largest absolute Gasteiger partial charge is 0.481 e. The highest BCUT2D eigenvalue weighted by Gasteiger charge is 2.29. The molecule has 110 valence electrons. The van der Waals surface area contributed by atoms with Crippen LogP contribution in [0.15, 0.2) is 30.3 Å². The van der Waals surface area contributed by atoms with Crippen LogP contribution in [0.1, 0.15) is 44.6 Å². The number of aliphatic carboxylic acids is 1. The van der Waals surface area contributed by atoms with E-state index in [0.29, 0.717) is 19.3 Å². The number of aryl methyl sites for hydroxylation is 1. The highest BCUT2D eigenvalue weighted by molar-refractivity contribution is 5.95. The SMILES string of the molecule is CCC[C@@](O)(CCc1ccccc1)CC(=O)CC(=O)O. The summed E-state index contributed by atoms with van der Waals surface area (Å²) in [7, 11) is 0. The summed E-state index contributed by atoms with van der Waals surface area (Å²) in [6, 6.07) is 9.75. The third-order valence-corrected chi connectivity index (χ3v) is 3.31. The van der Waals surface area contributed by atoms with Crippen molar-refractivity contribution in [1.82, 2.24) is 0 Å². The molecular formula is C16H22O4.